The van der Waals surface area contributed by atoms with Gasteiger partial charge in [0.2, 0.25) is 0 Å². The lowest BCUT2D eigenvalue weighted by atomic mass is 10.1. The number of alkyl halides is 3. The minimum Gasteiger partial charge on any atom is -0.312 e. The van der Waals surface area contributed by atoms with Crippen molar-refractivity contribution in [1.29, 1.82) is 0 Å². The molecule has 1 aliphatic heterocycles. The van der Waals surface area contributed by atoms with Crippen molar-refractivity contribution in [3.63, 3.8) is 0 Å². The van der Waals surface area contributed by atoms with Gasteiger partial charge in [-0.1, -0.05) is 60.7 Å². The Hall–Kier alpha value is -4.01. The van der Waals surface area contributed by atoms with Crippen LogP contribution in [0.15, 0.2) is 90.2 Å². The topological polar surface area (TPSA) is 74.7 Å². The number of carbonyl (C=O) groups is 2. The van der Waals surface area contributed by atoms with Crippen molar-refractivity contribution in [2.75, 3.05) is 0 Å². The normalized spacial score (nSPS) is 18.4. The number of nitrogens with one attached hydrogen (secondary N) is 1. The van der Waals surface area contributed by atoms with Crippen LogP contribution in [-0.4, -0.2) is 39.4 Å². The number of aromatic nitrogens is 1. The molecule has 0 bridgehead atoms. The molecule has 162 valence electrons. The summed E-state index contributed by atoms with van der Waals surface area (Å²) < 4.78 is 43.1. The van der Waals surface area contributed by atoms with E-state index in [0.717, 1.165) is 11.1 Å². The number of carbonyl (C=O) groups excluding carboxylic acids is 2. The number of benzene rings is 2. The molecule has 6 nitrogen and oxygen atoms in total. The van der Waals surface area contributed by atoms with Gasteiger partial charge in [0, 0.05) is 18.0 Å². The van der Waals surface area contributed by atoms with E-state index >= 15 is 0 Å². The zero-order valence-corrected chi connectivity index (χ0v) is 16.6. The van der Waals surface area contributed by atoms with Crippen LogP contribution in [0.3, 0.4) is 0 Å². The molecule has 0 saturated carbocycles. The number of nitrogens with zero attached hydrogens (tertiary/aromatic N) is 3. The zero-order chi connectivity index (χ0) is 22.8. The van der Waals surface area contributed by atoms with Crippen LogP contribution >= 0.6 is 0 Å². The van der Waals surface area contributed by atoms with Crippen LogP contribution in [0, 0.1) is 0 Å². The molecular weight excluding hydrogens is 421 g/mol. The van der Waals surface area contributed by atoms with Gasteiger partial charge < -0.3 is 5.32 Å². The summed E-state index contributed by atoms with van der Waals surface area (Å²) in [6.07, 6.45) is -2.69. The summed E-state index contributed by atoms with van der Waals surface area (Å²) in [7, 11) is 0. The molecule has 1 aliphatic rings. The number of amides is 2. The van der Waals surface area contributed by atoms with Crippen molar-refractivity contribution in [2.24, 2.45) is 4.99 Å². The number of hydrogen-bond donors (Lipinski definition) is 1. The fraction of sp³-hybridized carbons (Fsp3) is 0.130. The Morgan fingerprint density at radius 1 is 0.969 bits per heavy atom. The second kappa shape index (κ2) is 8.26. The first-order valence-electron chi connectivity index (χ1n) is 9.62. The van der Waals surface area contributed by atoms with Crippen molar-refractivity contribution in [3.05, 3.63) is 102 Å². The molecule has 0 fully saturated rings. The molecule has 1 aromatic heterocycles. The van der Waals surface area contributed by atoms with Crippen molar-refractivity contribution in [1.82, 2.24) is 15.2 Å². The van der Waals surface area contributed by atoms with Crippen molar-refractivity contribution >= 4 is 17.6 Å². The van der Waals surface area contributed by atoms with Gasteiger partial charge in [-0.25, -0.2) is 4.99 Å². The Morgan fingerprint density at radius 3 is 2.22 bits per heavy atom. The van der Waals surface area contributed by atoms with Gasteiger partial charge in [0.1, 0.15) is 5.84 Å². The van der Waals surface area contributed by atoms with Crippen LogP contribution in [0.5, 0.6) is 0 Å². The van der Waals surface area contributed by atoms with Crippen LogP contribution in [0.1, 0.15) is 21.5 Å². The molecular formula is C23H17F3N4O2. The molecule has 0 spiro atoms. The molecule has 0 saturated heterocycles. The summed E-state index contributed by atoms with van der Waals surface area (Å²) in [5, 5.41) is 1.83. The third-order valence-electron chi connectivity index (χ3n) is 4.93. The van der Waals surface area contributed by atoms with Crippen LogP contribution in [-0.2, 0) is 11.3 Å². The largest absolute Gasteiger partial charge is 0.442 e. The first-order chi connectivity index (χ1) is 15.3. The molecule has 4 rings (SSSR count). The first kappa shape index (κ1) is 21.2. The van der Waals surface area contributed by atoms with Crippen molar-refractivity contribution in [2.45, 2.75) is 18.4 Å². The molecule has 2 amide bonds. The minimum absolute atomic E-state index is 0.123. The lowest BCUT2D eigenvalue weighted by Crippen LogP contribution is -2.63. The highest BCUT2D eigenvalue weighted by Crippen LogP contribution is 2.39. The van der Waals surface area contributed by atoms with Gasteiger partial charge in [0.15, 0.2) is 0 Å². The summed E-state index contributed by atoms with van der Waals surface area (Å²) in [5.41, 5.74) is -2.65. The second-order valence-electron chi connectivity index (χ2n) is 7.08. The van der Waals surface area contributed by atoms with Crippen molar-refractivity contribution in [3.8, 4) is 0 Å². The van der Waals surface area contributed by atoms with E-state index < -0.39 is 23.7 Å². The predicted octanol–water partition coefficient (Wildman–Crippen LogP) is 3.56. The van der Waals surface area contributed by atoms with Gasteiger partial charge in [-0.05, 0) is 17.7 Å². The summed E-state index contributed by atoms with van der Waals surface area (Å²) in [6.45, 7) is -0.145. The third kappa shape index (κ3) is 3.84. The third-order valence-corrected chi connectivity index (χ3v) is 4.93. The van der Waals surface area contributed by atoms with Crippen LogP contribution in [0.2, 0.25) is 0 Å². The van der Waals surface area contributed by atoms with E-state index in [9.17, 15) is 22.8 Å². The zero-order valence-electron chi connectivity index (χ0n) is 16.6. The smallest absolute Gasteiger partial charge is 0.312 e. The molecule has 2 heterocycles. The summed E-state index contributed by atoms with van der Waals surface area (Å²) >= 11 is 0. The number of pyridine rings is 1. The van der Waals surface area contributed by atoms with Crippen molar-refractivity contribution < 1.29 is 22.8 Å². The molecule has 1 atom stereocenters. The van der Waals surface area contributed by atoms with E-state index in [4.69, 9.17) is 0 Å². The quantitative estimate of drug-likeness (QED) is 0.662. The molecule has 32 heavy (non-hydrogen) atoms. The number of halogens is 3. The fourth-order valence-electron chi connectivity index (χ4n) is 3.35. The highest BCUT2D eigenvalue weighted by Gasteiger charge is 2.67. The summed E-state index contributed by atoms with van der Waals surface area (Å²) in [5.74, 6) is -2.67. The van der Waals surface area contributed by atoms with Gasteiger partial charge in [0.05, 0.1) is 12.1 Å². The SMILES string of the molecule is O=C(N[C@]1(C(F)(F)F)N=C(c2ccccc2)N(Cc2ccccc2)C1=O)c1cccnc1. The maximum absolute atomic E-state index is 14.4. The maximum atomic E-state index is 14.4. The monoisotopic (exact) mass is 438 g/mol. The van der Waals surface area contributed by atoms with E-state index in [-0.39, 0.29) is 17.9 Å². The van der Waals surface area contributed by atoms with Gasteiger partial charge in [-0.3, -0.25) is 19.5 Å². The summed E-state index contributed by atoms with van der Waals surface area (Å²) in [4.78, 5) is 34.4. The minimum atomic E-state index is -5.19. The second-order valence-corrected chi connectivity index (χ2v) is 7.08. The Balaban J connectivity index is 1.81. The van der Waals surface area contributed by atoms with E-state index in [1.807, 2.05) is 5.32 Å². The molecule has 0 aliphatic carbocycles. The molecule has 0 unspecified atom stereocenters. The van der Waals surface area contributed by atoms with Crippen LogP contribution in [0.25, 0.3) is 0 Å². The molecule has 2 aromatic carbocycles. The standard InChI is InChI=1S/C23H17F3N4O2/c24-23(25,26)22(29-20(31)18-12-7-13-27-14-18)21(32)30(15-16-8-3-1-4-9-16)19(28-22)17-10-5-2-6-11-17/h1-14H,15H2,(H,29,31)/t22-/m1/s1. The highest BCUT2D eigenvalue weighted by molar-refractivity contribution is 6.16. The predicted molar refractivity (Wildman–Crippen MR) is 110 cm³/mol. The average Bonchev–Trinajstić information content (AvgIpc) is 3.08. The van der Waals surface area contributed by atoms with Crippen LogP contribution < -0.4 is 5.32 Å². The van der Waals surface area contributed by atoms with E-state index in [1.54, 1.807) is 60.7 Å². The van der Waals surface area contributed by atoms with Crippen LogP contribution in [0.4, 0.5) is 13.2 Å². The number of rotatable bonds is 5. The summed E-state index contributed by atoms with van der Waals surface area (Å²) in [6, 6.07) is 19.4. The lowest BCUT2D eigenvalue weighted by molar-refractivity contribution is -0.196. The number of amidine groups is 1. The highest BCUT2D eigenvalue weighted by atomic mass is 19.4. The molecule has 3 aromatic rings. The van der Waals surface area contributed by atoms with Gasteiger partial charge in [-0.2, -0.15) is 13.2 Å². The Kier molecular flexibility index (Phi) is 5.48. The Labute approximate surface area is 181 Å². The lowest BCUT2D eigenvalue weighted by Gasteiger charge is -2.29. The first-order valence-corrected chi connectivity index (χ1v) is 9.62. The molecule has 9 heteroatoms. The Morgan fingerprint density at radius 2 is 1.62 bits per heavy atom. The van der Waals surface area contributed by atoms with E-state index in [0.29, 0.717) is 11.1 Å². The van der Waals surface area contributed by atoms with Gasteiger partial charge >= 0.3 is 11.8 Å². The number of aliphatic imine (C=N–C) groups is 1. The van der Waals surface area contributed by atoms with Gasteiger partial charge in [-0.15, -0.1) is 0 Å². The number of hydrogen-bond acceptors (Lipinski definition) is 4. The fourth-order valence-corrected chi connectivity index (χ4v) is 3.35. The molecule has 1 N–H and O–H groups in total. The van der Waals surface area contributed by atoms with Gasteiger partial charge in [0.25, 0.3) is 11.8 Å². The average molecular weight is 438 g/mol. The van der Waals surface area contributed by atoms with E-state index in [1.165, 1.54) is 18.3 Å². The molecule has 0 radical (unpaired) electrons. The maximum Gasteiger partial charge on any atom is 0.442 e. The van der Waals surface area contributed by atoms with E-state index in [2.05, 4.69) is 9.98 Å². The Bertz CT molecular complexity index is 1150.